The van der Waals surface area contributed by atoms with Crippen molar-refractivity contribution >= 4 is 27.3 Å². The SMILES string of the molecule is CNCc1cc(OCc2cscn2)ccc1Br. The van der Waals surface area contributed by atoms with E-state index in [0.717, 1.165) is 22.5 Å². The molecule has 0 spiro atoms. The lowest BCUT2D eigenvalue weighted by Gasteiger charge is -2.08. The predicted molar refractivity (Wildman–Crippen MR) is 73.4 cm³/mol. The number of thiazole rings is 1. The standard InChI is InChI=1S/C12H13BrN2OS/c1-14-5-9-4-11(2-3-12(9)13)16-6-10-7-17-8-15-10/h2-4,7-8,14H,5-6H2,1H3. The number of halogens is 1. The van der Waals surface area contributed by atoms with Gasteiger partial charge in [-0.15, -0.1) is 11.3 Å². The molecule has 0 aliphatic heterocycles. The molecule has 0 saturated heterocycles. The van der Waals surface area contributed by atoms with Crippen LogP contribution in [0.15, 0.2) is 33.6 Å². The number of rotatable bonds is 5. The Bertz CT molecular complexity index is 473. The zero-order chi connectivity index (χ0) is 12.1. The summed E-state index contributed by atoms with van der Waals surface area (Å²) in [4.78, 5) is 4.18. The van der Waals surface area contributed by atoms with Gasteiger partial charge in [-0.2, -0.15) is 0 Å². The second-order valence-corrected chi connectivity index (χ2v) is 5.13. The molecule has 2 aromatic rings. The van der Waals surface area contributed by atoms with E-state index < -0.39 is 0 Å². The van der Waals surface area contributed by atoms with Crippen LogP contribution in [-0.2, 0) is 13.2 Å². The van der Waals surface area contributed by atoms with Gasteiger partial charge in [0, 0.05) is 16.4 Å². The van der Waals surface area contributed by atoms with Gasteiger partial charge in [0.05, 0.1) is 11.2 Å². The minimum atomic E-state index is 0.518. The zero-order valence-electron chi connectivity index (χ0n) is 9.44. The number of benzene rings is 1. The lowest BCUT2D eigenvalue weighted by Crippen LogP contribution is -2.06. The number of hydrogen-bond acceptors (Lipinski definition) is 4. The van der Waals surface area contributed by atoms with Crippen LogP contribution in [0.3, 0.4) is 0 Å². The monoisotopic (exact) mass is 312 g/mol. The summed E-state index contributed by atoms with van der Waals surface area (Å²) in [7, 11) is 1.93. The Morgan fingerprint density at radius 1 is 1.47 bits per heavy atom. The average Bonchev–Trinajstić information content (AvgIpc) is 2.83. The minimum Gasteiger partial charge on any atom is -0.487 e. The van der Waals surface area contributed by atoms with Crippen LogP contribution in [0, 0.1) is 0 Å². The molecule has 1 aromatic carbocycles. The molecule has 1 aromatic heterocycles. The van der Waals surface area contributed by atoms with Crippen LogP contribution in [0.25, 0.3) is 0 Å². The van der Waals surface area contributed by atoms with E-state index >= 15 is 0 Å². The van der Waals surface area contributed by atoms with Crippen molar-refractivity contribution in [1.29, 1.82) is 0 Å². The molecule has 0 radical (unpaired) electrons. The molecule has 0 unspecified atom stereocenters. The lowest BCUT2D eigenvalue weighted by atomic mass is 10.2. The molecular formula is C12H13BrN2OS. The van der Waals surface area contributed by atoms with Gasteiger partial charge in [-0.3, -0.25) is 0 Å². The van der Waals surface area contributed by atoms with Crippen molar-refractivity contribution < 1.29 is 4.74 Å². The largest absolute Gasteiger partial charge is 0.487 e. The Morgan fingerprint density at radius 2 is 2.35 bits per heavy atom. The van der Waals surface area contributed by atoms with E-state index in [0.29, 0.717) is 6.61 Å². The van der Waals surface area contributed by atoms with Crippen molar-refractivity contribution in [3.05, 3.63) is 44.8 Å². The van der Waals surface area contributed by atoms with E-state index in [1.165, 1.54) is 5.56 Å². The average molecular weight is 313 g/mol. The molecule has 0 atom stereocenters. The van der Waals surface area contributed by atoms with Gasteiger partial charge in [0.1, 0.15) is 12.4 Å². The molecule has 90 valence electrons. The van der Waals surface area contributed by atoms with Crippen LogP contribution in [0.4, 0.5) is 0 Å². The van der Waals surface area contributed by atoms with Gasteiger partial charge in [0.2, 0.25) is 0 Å². The Balaban J connectivity index is 2.03. The highest BCUT2D eigenvalue weighted by atomic mass is 79.9. The van der Waals surface area contributed by atoms with E-state index in [-0.39, 0.29) is 0 Å². The van der Waals surface area contributed by atoms with E-state index in [2.05, 4.69) is 26.2 Å². The molecule has 3 nitrogen and oxygen atoms in total. The van der Waals surface area contributed by atoms with Crippen LogP contribution in [0.5, 0.6) is 5.75 Å². The van der Waals surface area contributed by atoms with Gasteiger partial charge >= 0.3 is 0 Å². The Labute approximate surface area is 113 Å². The molecule has 0 fully saturated rings. The molecule has 2 rings (SSSR count). The molecule has 0 aliphatic carbocycles. The summed E-state index contributed by atoms with van der Waals surface area (Å²) in [5, 5.41) is 5.12. The number of nitrogens with zero attached hydrogens (tertiary/aromatic N) is 1. The first-order valence-electron chi connectivity index (χ1n) is 5.22. The van der Waals surface area contributed by atoms with Crippen molar-refractivity contribution in [3.63, 3.8) is 0 Å². The van der Waals surface area contributed by atoms with Gasteiger partial charge in [0.25, 0.3) is 0 Å². The fourth-order valence-electron chi connectivity index (χ4n) is 1.43. The molecule has 1 N–H and O–H groups in total. The van der Waals surface area contributed by atoms with Crippen molar-refractivity contribution in [3.8, 4) is 5.75 Å². The first kappa shape index (κ1) is 12.5. The summed E-state index contributed by atoms with van der Waals surface area (Å²) in [5.41, 5.74) is 3.96. The quantitative estimate of drug-likeness (QED) is 0.920. The molecular weight excluding hydrogens is 300 g/mol. The van der Waals surface area contributed by atoms with Gasteiger partial charge in [0.15, 0.2) is 0 Å². The van der Waals surface area contributed by atoms with E-state index in [1.807, 2.05) is 36.1 Å². The van der Waals surface area contributed by atoms with Crippen molar-refractivity contribution in [2.45, 2.75) is 13.2 Å². The summed E-state index contributed by atoms with van der Waals surface area (Å²) in [6, 6.07) is 5.99. The minimum absolute atomic E-state index is 0.518. The summed E-state index contributed by atoms with van der Waals surface area (Å²) >= 11 is 5.09. The van der Waals surface area contributed by atoms with Crippen LogP contribution in [0.1, 0.15) is 11.3 Å². The lowest BCUT2D eigenvalue weighted by molar-refractivity contribution is 0.301. The van der Waals surface area contributed by atoms with Crippen LogP contribution in [0.2, 0.25) is 0 Å². The summed E-state index contributed by atoms with van der Waals surface area (Å²) in [6.45, 7) is 1.33. The van der Waals surface area contributed by atoms with Crippen LogP contribution < -0.4 is 10.1 Å². The number of aromatic nitrogens is 1. The maximum atomic E-state index is 5.69. The maximum absolute atomic E-state index is 5.69. The third-order valence-electron chi connectivity index (χ3n) is 2.25. The number of ether oxygens (including phenoxy) is 1. The fourth-order valence-corrected chi connectivity index (χ4v) is 2.36. The van der Waals surface area contributed by atoms with Gasteiger partial charge in [-0.1, -0.05) is 15.9 Å². The van der Waals surface area contributed by atoms with Gasteiger partial charge in [-0.25, -0.2) is 4.98 Å². The van der Waals surface area contributed by atoms with Gasteiger partial charge in [-0.05, 0) is 30.8 Å². The molecule has 0 saturated carbocycles. The third-order valence-corrected chi connectivity index (χ3v) is 3.66. The molecule has 0 aliphatic rings. The topological polar surface area (TPSA) is 34.1 Å². The Morgan fingerprint density at radius 3 is 3.06 bits per heavy atom. The Hall–Kier alpha value is -0.910. The second-order valence-electron chi connectivity index (χ2n) is 3.55. The zero-order valence-corrected chi connectivity index (χ0v) is 11.8. The van der Waals surface area contributed by atoms with Crippen molar-refractivity contribution in [2.75, 3.05) is 7.05 Å². The molecule has 17 heavy (non-hydrogen) atoms. The van der Waals surface area contributed by atoms with Gasteiger partial charge < -0.3 is 10.1 Å². The van der Waals surface area contributed by atoms with E-state index in [9.17, 15) is 0 Å². The summed E-state index contributed by atoms with van der Waals surface area (Å²) in [5.74, 6) is 0.867. The summed E-state index contributed by atoms with van der Waals surface area (Å²) < 4.78 is 6.78. The highest BCUT2D eigenvalue weighted by molar-refractivity contribution is 9.10. The first-order valence-corrected chi connectivity index (χ1v) is 6.96. The van der Waals surface area contributed by atoms with E-state index in [4.69, 9.17) is 4.74 Å². The van der Waals surface area contributed by atoms with Crippen molar-refractivity contribution in [2.24, 2.45) is 0 Å². The van der Waals surface area contributed by atoms with E-state index in [1.54, 1.807) is 11.3 Å². The number of hydrogen-bond donors (Lipinski definition) is 1. The Kier molecular flexibility index (Phi) is 4.53. The van der Waals surface area contributed by atoms with Crippen LogP contribution >= 0.6 is 27.3 Å². The normalized spacial score (nSPS) is 10.5. The third kappa shape index (κ3) is 3.52. The van der Waals surface area contributed by atoms with Crippen molar-refractivity contribution in [1.82, 2.24) is 10.3 Å². The molecule has 0 amide bonds. The smallest absolute Gasteiger partial charge is 0.131 e. The maximum Gasteiger partial charge on any atom is 0.131 e. The highest BCUT2D eigenvalue weighted by Crippen LogP contribution is 2.23. The molecule has 5 heteroatoms. The summed E-state index contributed by atoms with van der Waals surface area (Å²) in [6.07, 6.45) is 0. The molecule has 1 heterocycles. The molecule has 0 bridgehead atoms. The fraction of sp³-hybridized carbons (Fsp3) is 0.250. The predicted octanol–water partition coefficient (Wildman–Crippen LogP) is 3.20. The first-order chi connectivity index (χ1) is 8.29. The second kappa shape index (κ2) is 6.14. The number of nitrogens with one attached hydrogen (secondary N) is 1. The highest BCUT2D eigenvalue weighted by Gasteiger charge is 2.02. The van der Waals surface area contributed by atoms with Crippen LogP contribution in [-0.4, -0.2) is 12.0 Å².